The summed E-state index contributed by atoms with van der Waals surface area (Å²) in [6.45, 7) is 4.18. The maximum absolute atomic E-state index is 4.53. The Labute approximate surface area is 114 Å². The first-order valence-corrected chi connectivity index (χ1v) is 6.78. The molecule has 1 aliphatic heterocycles. The summed E-state index contributed by atoms with van der Waals surface area (Å²) >= 11 is 0. The SMILES string of the molecule is CC1CNC(c2ccccc2)CN1c1ccn(C)n1. The number of aryl methyl sites for hydroxylation is 1. The Morgan fingerprint density at radius 3 is 2.68 bits per heavy atom. The van der Waals surface area contributed by atoms with Crippen LogP contribution in [0.5, 0.6) is 0 Å². The number of rotatable bonds is 2. The van der Waals surface area contributed by atoms with Gasteiger partial charge < -0.3 is 10.2 Å². The van der Waals surface area contributed by atoms with Crippen LogP contribution in [0.25, 0.3) is 0 Å². The monoisotopic (exact) mass is 256 g/mol. The molecule has 1 aromatic carbocycles. The quantitative estimate of drug-likeness (QED) is 0.891. The topological polar surface area (TPSA) is 33.1 Å². The Kier molecular flexibility index (Phi) is 3.25. The fraction of sp³-hybridized carbons (Fsp3) is 0.400. The van der Waals surface area contributed by atoms with E-state index in [0.717, 1.165) is 18.9 Å². The first-order valence-electron chi connectivity index (χ1n) is 6.78. The fourth-order valence-electron chi connectivity index (χ4n) is 2.65. The van der Waals surface area contributed by atoms with Gasteiger partial charge in [-0.1, -0.05) is 30.3 Å². The van der Waals surface area contributed by atoms with Crippen LogP contribution < -0.4 is 10.2 Å². The molecule has 2 heterocycles. The molecule has 1 saturated heterocycles. The molecule has 4 nitrogen and oxygen atoms in total. The third-order valence-corrected chi connectivity index (χ3v) is 3.77. The predicted molar refractivity (Wildman–Crippen MR) is 77.2 cm³/mol. The summed E-state index contributed by atoms with van der Waals surface area (Å²) in [5.74, 6) is 1.07. The molecule has 2 unspecified atom stereocenters. The van der Waals surface area contributed by atoms with Crippen molar-refractivity contribution >= 4 is 5.82 Å². The Hall–Kier alpha value is -1.81. The van der Waals surface area contributed by atoms with Crippen LogP contribution in [-0.2, 0) is 7.05 Å². The summed E-state index contributed by atoms with van der Waals surface area (Å²) in [5, 5.41) is 8.14. The highest BCUT2D eigenvalue weighted by atomic mass is 15.4. The fourth-order valence-corrected chi connectivity index (χ4v) is 2.65. The Morgan fingerprint density at radius 1 is 1.21 bits per heavy atom. The highest BCUT2D eigenvalue weighted by molar-refractivity contribution is 5.40. The van der Waals surface area contributed by atoms with Crippen molar-refractivity contribution in [3.05, 3.63) is 48.2 Å². The van der Waals surface area contributed by atoms with Crippen molar-refractivity contribution in [3.8, 4) is 0 Å². The highest BCUT2D eigenvalue weighted by Gasteiger charge is 2.27. The van der Waals surface area contributed by atoms with E-state index in [0.29, 0.717) is 12.1 Å². The molecule has 0 spiro atoms. The molecule has 0 amide bonds. The van der Waals surface area contributed by atoms with E-state index in [1.54, 1.807) is 0 Å². The molecule has 3 rings (SSSR count). The minimum Gasteiger partial charge on any atom is -0.349 e. The van der Waals surface area contributed by atoms with E-state index in [4.69, 9.17) is 0 Å². The third-order valence-electron chi connectivity index (χ3n) is 3.77. The van der Waals surface area contributed by atoms with Gasteiger partial charge in [0.15, 0.2) is 5.82 Å². The summed E-state index contributed by atoms with van der Waals surface area (Å²) in [6, 6.07) is 13.6. The normalized spacial score (nSPS) is 23.6. The Morgan fingerprint density at radius 2 is 2.00 bits per heavy atom. The van der Waals surface area contributed by atoms with Crippen LogP contribution in [-0.4, -0.2) is 28.9 Å². The van der Waals surface area contributed by atoms with E-state index in [9.17, 15) is 0 Å². The first-order chi connectivity index (χ1) is 9.24. The van der Waals surface area contributed by atoms with Crippen molar-refractivity contribution in [3.63, 3.8) is 0 Å². The molecule has 2 aromatic rings. The zero-order valence-electron chi connectivity index (χ0n) is 11.5. The van der Waals surface area contributed by atoms with Gasteiger partial charge in [-0.3, -0.25) is 4.68 Å². The van der Waals surface area contributed by atoms with Crippen molar-refractivity contribution < 1.29 is 0 Å². The summed E-state index contributed by atoms with van der Waals surface area (Å²) in [5.41, 5.74) is 1.34. The summed E-state index contributed by atoms with van der Waals surface area (Å²) in [7, 11) is 1.96. The van der Waals surface area contributed by atoms with Gasteiger partial charge in [-0.15, -0.1) is 0 Å². The molecule has 1 aromatic heterocycles. The van der Waals surface area contributed by atoms with Crippen LogP contribution in [0, 0.1) is 0 Å². The second-order valence-corrected chi connectivity index (χ2v) is 5.22. The van der Waals surface area contributed by atoms with Crippen molar-refractivity contribution in [1.29, 1.82) is 0 Å². The third kappa shape index (κ3) is 2.49. The average molecular weight is 256 g/mol. The minimum absolute atomic E-state index is 0.374. The van der Waals surface area contributed by atoms with Gasteiger partial charge in [0.2, 0.25) is 0 Å². The molecule has 0 radical (unpaired) electrons. The van der Waals surface area contributed by atoms with Gasteiger partial charge in [0.05, 0.1) is 0 Å². The highest BCUT2D eigenvalue weighted by Crippen LogP contribution is 2.23. The van der Waals surface area contributed by atoms with Crippen LogP contribution in [0.3, 0.4) is 0 Å². The van der Waals surface area contributed by atoms with E-state index >= 15 is 0 Å². The molecule has 0 saturated carbocycles. The zero-order chi connectivity index (χ0) is 13.2. The average Bonchev–Trinajstić information content (AvgIpc) is 2.87. The molecule has 100 valence electrons. The number of hydrogen-bond acceptors (Lipinski definition) is 3. The lowest BCUT2D eigenvalue weighted by Gasteiger charge is -2.39. The standard InChI is InChI=1S/C15H20N4/c1-12-10-16-14(13-6-4-3-5-7-13)11-19(12)15-8-9-18(2)17-15/h3-9,12,14,16H,10-11H2,1-2H3. The molecule has 4 heteroatoms. The molecule has 2 atom stereocenters. The van der Waals surface area contributed by atoms with Gasteiger partial charge in [0.25, 0.3) is 0 Å². The van der Waals surface area contributed by atoms with Gasteiger partial charge in [-0.25, -0.2) is 0 Å². The lowest BCUT2D eigenvalue weighted by atomic mass is 10.0. The second kappa shape index (κ2) is 5.05. The molecular formula is C15H20N4. The van der Waals surface area contributed by atoms with Gasteiger partial charge in [0.1, 0.15) is 0 Å². The number of nitrogens with zero attached hydrogens (tertiary/aromatic N) is 3. The van der Waals surface area contributed by atoms with Gasteiger partial charge in [-0.2, -0.15) is 5.10 Å². The van der Waals surface area contributed by atoms with Gasteiger partial charge in [-0.05, 0) is 12.5 Å². The number of hydrogen-bond donors (Lipinski definition) is 1. The summed E-state index contributed by atoms with van der Waals surface area (Å²) in [4.78, 5) is 2.38. The lowest BCUT2D eigenvalue weighted by Crippen LogP contribution is -2.51. The largest absolute Gasteiger partial charge is 0.349 e. The smallest absolute Gasteiger partial charge is 0.150 e. The Balaban J connectivity index is 1.81. The van der Waals surface area contributed by atoms with E-state index in [2.05, 4.69) is 58.6 Å². The van der Waals surface area contributed by atoms with E-state index in [1.165, 1.54) is 5.56 Å². The van der Waals surface area contributed by atoms with Crippen molar-refractivity contribution in [1.82, 2.24) is 15.1 Å². The number of nitrogens with one attached hydrogen (secondary N) is 1. The molecule has 19 heavy (non-hydrogen) atoms. The lowest BCUT2D eigenvalue weighted by molar-refractivity contribution is 0.411. The zero-order valence-corrected chi connectivity index (χ0v) is 11.5. The predicted octanol–water partition coefficient (Wildman–Crippen LogP) is 1.96. The number of anilines is 1. The van der Waals surface area contributed by atoms with Crippen molar-refractivity contribution in [2.45, 2.75) is 19.0 Å². The number of piperazine rings is 1. The maximum atomic E-state index is 4.53. The van der Waals surface area contributed by atoms with Crippen LogP contribution in [0.1, 0.15) is 18.5 Å². The summed E-state index contributed by atoms with van der Waals surface area (Å²) in [6.07, 6.45) is 2.00. The van der Waals surface area contributed by atoms with Crippen molar-refractivity contribution in [2.24, 2.45) is 7.05 Å². The molecule has 0 aliphatic carbocycles. The molecular weight excluding hydrogens is 236 g/mol. The van der Waals surface area contributed by atoms with E-state index in [-0.39, 0.29) is 0 Å². The molecule has 1 fully saturated rings. The summed E-state index contributed by atoms with van der Waals surface area (Å²) < 4.78 is 1.86. The second-order valence-electron chi connectivity index (χ2n) is 5.22. The van der Waals surface area contributed by atoms with Crippen molar-refractivity contribution in [2.75, 3.05) is 18.0 Å². The first kappa shape index (κ1) is 12.2. The van der Waals surface area contributed by atoms with E-state index in [1.807, 2.05) is 17.9 Å². The van der Waals surface area contributed by atoms with Crippen LogP contribution in [0.2, 0.25) is 0 Å². The molecule has 0 bridgehead atoms. The van der Waals surface area contributed by atoms with Gasteiger partial charge >= 0.3 is 0 Å². The number of aromatic nitrogens is 2. The van der Waals surface area contributed by atoms with Gasteiger partial charge in [0, 0.05) is 44.5 Å². The maximum Gasteiger partial charge on any atom is 0.150 e. The van der Waals surface area contributed by atoms with Crippen LogP contribution in [0.4, 0.5) is 5.82 Å². The van der Waals surface area contributed by atoms with E-state index < -0.39 is 0 Å². The van der Waals surface area contributed by atoms with Crippen LogP contribution in [0.15, 0.2) is 42.6 Å². The number of benzene rings is 1. The van der Waals surface area contributed by atoms with Crippen LogP contribution >= 0.6 is 0 Å². The molecule has 1 aliphatic rings. The molecule has 1 N–H and O–H groups in total. The minimum atomic E-state index is 0.374. The Bertz CT molecular complexity index is 534.